The van der Waals surface area contributed by atoms with Crippen molar-refractivity contribution in [2.45, 2.75) is 52.4 Å². The zero-order chi connectivity index (χ0) is 23.6. The molecule has 0 unspecified atom stereocenters. The molecular weight excluding hydrogens is 423 g/mol. The highest BCUT2D eigenvalue weighted by Crippen LogP contribution is 2.39. The second-order valence-corrected chi connectivity index (χ2v) is 7.90. The van der Waals surface area contributed by atoms with Gasteiger partial charge in [-0.3, -0.25) is 0 Å². The van der Waals surface area contributed by atoms with Gasteiger partial charge in [-0.25, -0.2) is 17.6 Å². The van der Waals surface area contributed by atoms with Crippen molar-refractivity contribution in [1.29, 1.82) is 0 Å². The molecule has 0 spiro atoms. The molecule has 0 radical (unpaired) electrons. The maximum atomic E-state index is 14.8. The maximum Gasteiger partial charge on any atom is 0.201 e. The van der Waals surface area contributed by atoms with E-state index in [-0.39, 0.29) is 52.9 Å². The molecule has 0 saturated carbocycles. The molecule has 0 amide bonds. The van der Waals surface area contributed by atoms with E-state index in [1.165, 1.54) is 18.2 Å². The van der Waals surface area contributed by atoms with Crippen molar-refractivity contribution >= 4 is 0 Å². The highest BCUT2D eigenvalue weighted by Gasteiger charge is 2.29. The molecule has 170 valence electrons. The van der Waals surface area contributed by atoms with Gasteiger partial charge < -0.3 is 4.74 Å². The van der Waals surface area contributed by atoms with Crippen LogP contribution in [0.15, 0.2) is 54.1 Å². The van der Waals surface area contributed by atoms with Gasteiger partial charge in [-0.1, -0.05) is 45.6 Å². The average Bonchev–Trinajstić information content (AvgIpc) is 2.78. The number of ether oxygens (including phenoxy) is 1. The normalized spacial score (nSPS) is 14.8. The first-order valence-corrected chi connectivity index (χ1v) is 10.6. The first-order valence-electron chi connectivity index (χ1n) is 10.6. The van der Waals surface area contributed by atoms with Crippen LogP contribution in [0.2, 0.25) is 0 Å². The van der Waals surface area contributed by atoms with Gasteiger partial charge in [0.2, 0.25) is 5.82 Å². The zero-order valence-corrected chi connectivity index (χ0v) is 18.2. The number of allylic oxidation sites excluding steroid dienone is 3. The number of aryl methyl sites for hydroxylation is 3. The van der Waals surface area contributed by atoms with Gasteiger partial charge in [0.25, 0.3) is 0 Å². The van der Waals surface area contributed by atoms with Crippen LogP contribution in [-0.4, -0.2) is 0 Å². The summed E-state index contributed by atoms with van der Waals surface area (Å²) >= 11 is 0. The fraction of sp³-hybridized carbons (Fsp3) is 0.308. The summed E-state index contributed by atoms with van der Waals surface area (Å²) < 4.78 is 77.9. The van der Waals surface area contributed by atoms with E-state index in [1.54, 1.807) is 6.92 Å². The van der Waals surface area contributed by atoms with Crippen LogP contribution in [0.3, 0.4) is 0 Å². The number of hydrogen-bond acceptors (Lipinski definition) is 1. The minimum Gasteiger partial charge on any atom is -0.450 e. The Labute approximate surface area is 184 Å². The van der Waals surface area contributed by atoms with Gasteiger partial charge in [0.05, 0.1) is 0 Å². The predicted octanol–water partition coefficient (Wildman–Crippen LogP) is 7.62. The molecule has 3 rings (SSSR count). The van der Waals surface area contributed by atoms with Gasteiger partial charge in [0.15, 0.2) is 34.8 Å². The monoisotopic (exact) mass is 448 g/mol. The summed E-state index contributed by atoms with van der Waals surface area (Å²) in [6.07, 6.45) is 1.42. The van der Waals surface area contributed by atoms with Crippen LogP contribution in [0.4, 0.5) is 22.0 Å². The van der Waals surface area contributed by atoms with E-state index in [0.717, 1.165) is 0 Å². The van der Waals surface area contributed by atoms with E-state index >= 15 is 0 Å². The first-order chi connectivity index (χ1) is 15.2. The molecule has 0 aliphatic carbocycles. The van der Waals surface area contributed by atoms with E-state index in [0.29, 0.717) is 24.8 Å². The van der Waals surface area contributed by atoms with Crippen molar-refractivity contribution in [2.75, 3.05) is 0 Å². The standard InChI is InChI=1S/C26H25F5O/c1-5-7-16-8-9-17(22(29)21(16)28)10-11-18-13-19-12-15(4)25(20(27)14(3)6-2)32-26(19)24(31)23(18)30/h8-9,13H,3-7,10-12H2,1-2H3/b25-20-. The molecule has 2 aromatic rings. The maximum absolute atomic E-state index is 14.8. The van der Waals surface area contributed by atoms with E-state index in [9.17, 15) is 22.0 Å². The van der Waals surface area contributed by atoms with Crippen molar-refractivity contribution in [3.05, 3.63) is 99.6 Å². The summed E-state index contributed by atoms with van der Waals surface area (Å²) in [6, 6.07) is 4.40. The largest absolute Gasteiger partial charge is 0.450 e. The summed E-state index contributed by atoms with van der Waals surface area (Å²) in [5, 5.41) is 0. The lowest BCUT2D eigenvalue weighted by Gasteiger charge is -2.24. The smallest absolute Gasteiger partial charge is 0.201 e. The Hall–Kier alpha value is -2.89. The Balaban J connectivity index is 1.89. The first kappa shape index (κ1) is 23.8. The van der Waals surface area contributed by atoms with E-state index < -0.39 is 34.8 Å². The van der Waals surface area contributed by atoms with Crippen LogP contribution in [0.1, 0.15) is 48.9 Å². The molecule has 1 aliphatic heterocycles. The summed E-state index contributed by atoms with van der Waals surface area (Å²) in [7, 11) is 0. The molecule has 0 N–H and O–H groups in total. The molecule has 1 aliphatic rings. The van der Waals surface area contributed by atoms with Gasteiger partial charge in [-0.15, -0.1) is 0 Å². The topological polar surface area (TPSA) is 9.23 Å². The van der Waals surface area contributed by atoms with Crippen molar-refractivity contribution in [1.82, 2.24) is 0 Å². The van der Waals surface area contributed by atoms with Crippen LogP contribution in [-0.2, 0) is 25.7 Å². The lowest BCUT2D eigenvalue weighted by Crippen LogP contribution is -2.15. The molecule has 0 saturated heterocycles. The Morgan fingerprint density at radius 3 is 2.06 bits per heavy atom. The van der Waals surface area contributed by atoms with Gasteiger partial charge in [0.1, 0.15) is 0 Å². The summed E-state index contributed by atoms with van der Waals surface area (Å²) in [4.78, 5) is 0. The minimum atomic E-state index is -1.25. The molecule has 6 heteroatoms. The zero-order valence-electron chi connectivity index (χ0n) is 18.2. The number of fused-ring (bicyclic) bond motifs is 1. The van der Waals surface area contributed by atoms with Crippen LogP contribution < -0.4 is 4.74 Å². The molecule has 0 atom stereocenters. The molecule has 1 nitrogen and oxygen atoms in total. The van der Waals surface area contributed by atoms with E-state index in [1.807, 2.05) is 6.92 Å². The summed E-state index contributed by atoms with van der Waals surface area (Å²) in [5.41, 5.74) is 1.14. The molecular formula is C26H25F5O. The lowest BCUT2D eigenvalue weighted by atomic mass is 9.94. The second kappa shape index (κ2) is 9.72. The number of halogens is 5. The van der Waals surface area contributed by atoms with Crippen LogP contribution in [0.5, 0.6) is 5.75 Å². The van der Waals surface area contributed by atoms with Crippen LogP contribution in [0.25, 0.3) is 0 Å². The average molecular weight is 448 g/mol. The third kappa shape index (κ3) is 4.50. The molecule has 2 aromatic carbocycles. The Kier molecular flexibility index (Phi) is 7.22. The fourth-order valence-corrected chi connectivity index (χ4v) is 3.70. The van der Waals surface area contributed by atoms with Crippen molar-refractivity contribution in [3.8, 4) is 5.75 Å². The quantitative estimate of drug-likeness (QED) is 0.396. The highest BCUT2D eigenvalue weighted by molar-refractivity contribution is 5.51. The van der Waals surface area contributed by atoms with Crippen LogP contribution in [0, 0.1) is 23.3 Å². The number of rotatable bonds is 7. The Bertz CT molecular complexity index is 1110. The summed E-state index contributed by atoms with van der Waals surface area (Å²) in [5.74, 6) is -5.66. The molecule has 1 heterocycles. The van der Waals surface area contributed by atoms with Gasteiger partial charge in [-0.05, 0) is 59.6 Å². The minimum absolute atomic E-state index is 0.000891. The van der Waals surface area contributed by atoms with Crippen molar-refractivity contribution in [2.24, 2.45) is 0 Å². The Morgan fingerprint density at radius 2 is 1.47 bits per heavy atom. The SMILES string of the molecule is C=C(CC)/C(F)=C1/Oc2c(cc(CCc3ccc(CCC)c(F)c3F)c(F)c2F)CC1=C. The molecule has 0 aromatic heterocycles. The lowest BCUT2D eigenvalue weighted by molar-refractivity contribution is 0.353. The van der Waals surface area contributed by atoms with Crippen LogP contribution >= 0.6 is 0 Å². The predicted molar refractivity (Wildman–Crippen MR) is 115 cm³/mol. The highest BCUT2D eigenvalue weighted by atomic mass is 19.2. The molecule has 32 heavy (non-hydrogen) atoms. The molecule has 0 bridgehead atoms. The third-order valence-electron chi connectivity index (χ3n) is 5.60. The van der Waals surface area contributed by atoms with E-state index in [2.05, 4.69) is 13.2 Å². The van der Waals surface area contributed by atoms with Gasteiger partial charge >= 0.3 is 0 Å². The molecule has 0 fully saturated rings. The third-order valence-corrected chi connectivity index (χ3v) is 5.60. The Morgan fingerprint density at radius 1 is 0.906 bits per heavy atom. The van der Waals surface area contributed by atoms with Crippen molar-refractivity contribution in [3.63, 3.8) is 0 Å². The van der Waals surface area contributed by atoms with Gasteiger partial charge in [-0.2, -0.15) is 4.39 Å². The number of benzene rings is 2. The van der Waals surface area contributed by atoms with Gasteiger partial charge in [0, 0.05) is 12.0 Å². The van der Waals surface area contributed by atoms with Crippen molar-refractivity contribution < 1.29 is 26.7 Å². The second-order valence-electron chi connectivity index (χ2n) is 7.90. The van der Waals surface area contributed by atoms with E-state index in [4.69, 9.17) is 4.74 Å². The number of hydrogen-bond donors (Lipinski definition) is 0. The fourth-order valence-electron chi connectivity index (χ4n) is 3.70. The summed E-state index contributed by atoms with van der Waals surface area (Å²) in [6.45, 7) is 11.0.